The van der Waals surface area contributed by atoms with Gasteiger partial charge in [-0.25, -0.2) is 0 Å². The fourth-order valence-electron chi connectivity index (χ4n) is 2.86. The second-order valence-corrected chi connectivity index (χ2v) is 6.79. The van der Waals surface area contributed by atoms with Gasteiger partial charge in [0.05, 0.1) is 5.69 Å². The summed E-state index contributed by atoms with van der Waals surface area (Å²) in [6.45, 7) is 0. The highest BCUT2D eigenvalue weighted by Crippen LogP contribution is 2.28. The van der Waals surface area contributed by atoms with Crippen LogP contribution in [-0.4, -0.2) is 29.9 Å². The van der Waals surface area contributed by atoms with Gasteiger partial charge in [0.1, 0.15) is 5.75 Å². The molecule has 0 radical (unpaired) electrons. The van der Waals surface area contributed by atoms with Crippen molar-refractivity contribution in [1.29, 1.82) is 0 Å². The van der Waals surface area contributed by atoms with Gasteiger partial charge in [0.2, 0.25) is 4.96 Å². The molecule has 0 aliphatic rings. The van der Waals surface area contributed by atoms with Crippen molar-refractivity contribution in [3.8, 4) is 16.5 Å². The van der Waals surface area contributed by atoms with Crippen LogP contribution in [0.2, 0.25) is 0 Å². The minimum absolute atomic E-state index is 0.255. The molecule has 6 nitrogen and oxygen atoms in total. The van der Waals surface area contributed by atoms with Crippen LogP contribution in [0.3, 0.4) is 0 Å². The number of phenols is 1. The highest BCUT2D eigenvalue weighted by atomic mass is 32.1. The maximum absolute atomic E-state index is 9.40. The molecule has 3 heterocycles. The molecule has 0 bridgehead atoms. The van der Waals surface area contributed by atoms with Gasteiger partial charge in [-0.2, -0.15) is 9.61 Å². The lowest BCUT2D eigenvalue weighted by molar-refractivity contribution is 0.475. The first-order valence-electron chi connectivity index (χ1n) is 7.83. The molecule has 5 aromatic rings. The van der Waals surface area contributed by atoms with E-state index in [1.165, 1.54) is 11.3 Å². The van der Waals surface area contributed by atoms with Crippen LogP contribution in [0.15, 0.2) is 54.6 Å². The van der Waals surface area contributed by atoms with E-state index < -0.39 is 0 Å². The van der Waals surface area contributed by atoms with Crippen LogP contribution < -0.4 is 0 Å². The highest BCUT2D eigenvalue weighted by Gasteiger charge is 2.14. The molecule has 0 fully saturated rings. The van der Waals surface area contributed by atoms with Crippen molar-refractivity contribution >= 4 is 27.2 Å². The smallest absolute Gasteiger partial charge is 0.235 e. The number of nitrogens with zero attached hydrogens (tertiary/aromatic N) is 4. The van der Waals surface area contributed by atoms with E-state index in [9.17, 15) is 5.11 Å². The molecule has 0 saturated heterocycles. The van der Waals surface area contributed by atoms with Gasteiger partial charge in [-0.1, -0.05) is 41.7 Å². The van der Waals surface area contributed by atoms with E-state index in [1.807, 2.05) is 24.3 Å². The van der Waals surface area contributed by atoms with Gasteiger partial charge in [0, 0.05) is 17.3 Å². The lowest BCUT2D eigenvalue weighted by Crippen LogP contribution is -1.97. The number of aromatic amines is 1. The highest BCUT2D eigenvalue weighted by molar-refractivity contribution is 7.19. The molecule has 0 spiro atoms. The van der Waals surface area contributed by atoms with Crippen molar-refractivity contribution in [3.05, 3.63) is 66.0 Å². The minimum Gasteiger partial charge on any atom is -0.508 e. The van der Waals surface area contributed by atoms with Gasteiger partial charge in [-0.15, -0.1) is 10.2 Å². The summed E-state index contributed by atoms with van der Waals surface area (Å²) >= 11 is 1.51. The lowest BCUT2D eigenvalue weighted by atomic mass is 10.1. The van der Waals surface area contributed by atoms with Crippen LogP contribution in [0.4, 0.5) is 0 Å². The molecule has 0 saturated carbocycles. The number of para-hydroxylation sites is 1. The van der Waals surface area contributed by atoms with Crippen molar-refractivity contribution in [1.82, 2.24) is 24.8 Å². The van der Waals surface area contributed by atoms with Crippen LogP contribution in [0.25, 0.3) is 26.6 Å². The summed E-state index contributed by atoms with van der Waals surface area (Å²) in [5, 5.41) is 24.6. The molecule has 0 aliphatic heterocycles. The Morgan fingerprint density at radius 1 is 1.04 bits per heavy atom. The summed E-state index contributed by atoms with van der Waals surface area (Å²) in [4.78, 5) is 4.16. The Morgan fingerprint density at radius 3 is 2.72 bits per heavy atom. The monoisotopic (exact) mass is 347 g/mol. The molecule has 0 atom stereocenters. The molecule has 0 amide bonds. The number of hydrogen-bond donors (Lipinski definition) is 2. The SMILES string of the molecule is Oc1ccc(Cc2nnc3sc(-c4cc5ccccc5[nH]4)nn23)cc1. The number of aromatic nitrogens is 5. The molecule has 7 heteroatoms. The molecule has 2 aromatic carbocycles. The molecule has 122 valence electrons. The number of H-pyrrole nitrogens is 1. The lowest BCUT2D eigenvalue weighted by Gasteiger charge is -1.98. The quantitative estimate of drug-likeness (QED) is 0.522. The molecular formula is C18H13N5OS. The summed E-state index contributed by atoms with van der Waals surface area (Å²) in [6, 6.07) is 17.4. The number of nitrogens with one attached hydrogen (secondary N) is 1. The van der Waals surface area contributed by atoms with Crippen LogP contribution >= 0.6 is 11.3 Å². The van der Waals surface area contributed by atoms with Crippen LogP contribution in [-0.2, 0) is 6.42 Å². The Balaban J connectivity index is 1.53. The topological polar surface area (TPSA) is 79.1 Å². The minimum atomic E-state index is 0.255. The average molecular weight is 347 g/mol. The number of benzene rings is 2. The van der Waals surface area contributed by atoms with Crippen molar-refractivity contribution < 1.29 is 5.11 Å². The maximum atomic E-state index is 9.40. The summed E-state index contributed by atoms with van der Waals surface area (Å²) in [7, 11) is 0. The van der Waals surface area contributed by atoms with E-state index in [4.69, 9.17) is 0 Å². The standard InChI is InChI=1S/C18H13N5OS/c24-13-7-5-11(6-8-13)9-16-20-21-18-23(16)22-17(25-18)15-10-12-3-1-2-4-14(12)19-15/h1-8,10,19,24H,9H2. The number of hydrogen-bond acceptors (Lipinski definition) is 5. The first-order chi connectivity index (χ1) is 12.3. The van der Waals surface area contributed by atoms with Gasteiger partial charge < -0.3 is 10.1 Å². The summed E-state index contributed by atoms with van der Waals surface area (Å²) in [5.41, 5.74) is 3.12. The van der Waals surface area contributed by atoms with Crippen LogP contribution in [0.1, 0.15) is 11.4 Å². The van der Waals surface area contributed by atoms with Crippen LogP contribution in [0.5, 0.6) is 5.75 Å². The molecular weight excluding hydrogens is 334 g/mol. The van der Waals surface area contributed by atoms with Gasteiger partial charge in [0.15, 0.2) is 10.8 Å². The largest absolute Gasteiger partial charge is 0.508 e. The van der Waals surface area contributed by atoms with Crippen LogP contribution in [0, 0.1) is 0 Å². The second kappa shape index (κ2) is 5.42. The number of phenolic OH excluding ortho intramolecular Hbond substituents is 1. The average Bonchev–Trinajstić information content (AvgIpc) is 3.31. The Hall–Kier alpha value is -3.19. The van der Waals surface area contributed by atoms with Crippen molar-refractivity contribution in [2.24, 2.45) is 0 Å². The number of fused-ring (bicyclic) bond motifs is 2. The Labute approximate surface area is 146 Å². The molecule has 0 aliphatic carbocycles. The second-order valence-electron chi connectivity index (χ2n) is 5.83. The summed E-state index contributed by atoms with van der Waals surface area (Å²) in [6.07, 6.45) is 0.608. The third-order valence-corrected chi connectivity index (χ3v) is 5.05. The summed E-state index contributed by atoms with van der Waals surface area (Å²) < 4.78 is 1.79. The van der Waals surface area contributed by atoms with Gasteiger partial charge >= 0.3 is 0 Å². The third-order valence-electron chi connectivity index (χ3n) is 4.11. The molecule has 2 N–H and O–H groups in total. The van der Waals surface area contributed by atoms with E-state index in [-0.39, 0.29) is 5.75 Å². The first kappa shape index (κ1) is 14.2. The van der Waals surface area contributed by atoms with E-state index in [0.29, 0.717) is 6.42 Å². The number of aromatic hydroxyl groups is 1. The number of rotatable bonds is 3. The van der Waals surface area contributed by atoms with E-state index in [0.717, 1.165) is 38.0 Å². The van der Waals surface area contributed by atoms with E-state index in [2.05, 4.69) is 38.5 Å². The fourth-order valence-corrected chi connectivity index (χ4v) is 3.69. The molecule has 25 heavy (non-hydrogen) atoms. The fraction of sp³-hybridized carbons (Fsp3) is 0.0556. The third kappa shape index (κ3) is 2.45. The zero-order valence-corrected chi connectivity index (χ0v) is 13.9. The van der Waals surface area contributed by atoms with Gasteiger partial charge in [-0.3, -0.25) is 0 Å². The van der Waals surface area contributed by atoms with E-state index >= 15 is 0 Å². The van der Waals surface area contributed by atoms with Crippen molar-refractivity contribution in [2.75, 3.05) is 0 Å². The summed E-state index contributed by atoms with van der Waals surface area (Å²) in [5.74, 6) is 1.03. The first-order valence-corrected chi connectivity index (χ1v) is 8.65. The zero-order valence-electron chi connectivity index (χ0n) is 13.0. The van der Waals surface area contributed by atoms with Gasteiger partial charge in [-0.05, 0) is 29.8 Å². The Bertz CT molecular complexity index is 1150. The normalized spacial score (nSPS) is 11.5. The van der Waals surface area contributed by atoms with E-state index in [1.54, 1.807) is 16.6 Å². The molecule has 3 aromatic heterocycles. The Kier molecular flexibility index (Phi) is 3.07. The predicted octanol–water partition coefficient (Wildman–Crippen LogP) is 3.63. The molecule has 0 unspecified atom stereocenters. The van der Waals surface area contributed by atoms with Gasteiger partial charge in [0.25, 0.3) is 0 Å². The maximum Gasteiger partial charge on any atom is 0.235 e. The van der Waals surface area contributed by atoms with Crippen molar-refractivity contribution in [2.45, 2.75) is 6.42 Å². The Morgan fingerprint density at radius 2 is 1.88 bits per heavy atom. The predicted molar refractivity (Wildman–Crippen MR) is 96.9 cm³/mol. The van der Waals surface area contributed by atoms with Crippen molar-refractivity contribution in [3.63, 3.8) is 0 Å². The molecule has 5 rings (SSSR count). The zero-order chi connectivity index (χ0) is 16.8.